The van der Waals surface area contributed by atoms with Crippen molar-refractivity contribution in [2.24, 2.45) is 0 Å². The van der Waals surface area contributed by atoms with Gasteiger partial charge in [-0.25, -0.2) is 0 Å². The Kier molecular flexibility index (Phi) is 4.87. The lowest BCUT2D eigenvalue weighted by atomic mass is 10.0. The number of nitrogens with zero attached hydrogens (tertiary/aromatic N) is 1. The molecular formula is C15H23N2. The highest BCUT2D eigenvalue weighted by Crippen LogP contribution is 2.19. The molecule has 2 nitrogen and oxygen atoms in total. The first-order chi connectivity index (χ1) is 8.40. The van der Waals surface area contributed by atoms with Crippen LogP contribution in [0.5, 0.6) is 0 Å². The maximum Gasteiger partial charge on any atom is 0.0366 e. The third kappa shape index (κ3) is 3.74. The number of hydrogen-bond acceptors (Lipinski definition) is 2. The van der Waals surface area contributed by atoms with Gasteiger partial charge in [0.1, 0.15) is 0 Å². The Morgan fingerprint density at radius 1 is 1.29 bits per heavy atom. The lowest BCUT2D eigenvalue weighted by molar-refractivity contribution is 0.412. The molecular weight excluding hydrogens is 208 g/mol. The van der Waals surface area contributed by atoms with Crippen molar-refractivity contribution >= 4 is 5.69 Å². The van der Waals surface area contributed by atoms with E-state index < -0.39 is 0 Å². The Balaban J connectivity index is 1.74. The number of anilines is 1. The molecule has 1 radical (unpaired) electrons. The van der Waals surface area contributed by atoms with Gasteiger partial charge in [0, 0.05) is 24.8 Å². The molecule has 0 aromatic heterocycles. The topological polar surface area (TPSA) is 15.3 Å². The SMILES string of the molecule is CCCCNC1CCN(c2cc[c]cc2)CC1. The Morgan fingerprint density at radius 2 is 2.00 bits per heavy atom. The van der Waals surface area contributed by atoms with E-state index in [1.165, 1.54) is 51.0 Å². The molecule has 17 heavy (non-hydrogen) atoms. The minimum Gasteiger partial charge on any atom is -0.371 e. The molecule has 2 rings (SSSR count). The minimum atomic E-state index is 0.730. The average Bonchev–Trinajstić information content (AvgIpc) is 2.41. The average molecular weight is 231 g/mol. The molecule has 1 N–H and O–H groups in total. The van der Waals surface area contributed by atoms with Crippen molar-refractivity contribution in [1.29, 1.82) is 0 Å². The fourth-order valence-corrected chi connectivity index (χ4v) is 2.41. The Hall–Kier alpha value is -1.02. The normalized spacial score (nSPS) is 17.4. The van der Waals surface area contributed by atoms with E-state index in [9.17, 15) is 0 Å². The van der Waals surface area contributed by atoms with Gasteiger partial charge in [0.2, 0.25) is 0 Å². The van der Waals surface area contributed by atoms with E-state index in [2.05, 4.69) is 35.3 Å². The van der Waals surface area contributed by atoms with Crippen LogP contribution in [0, 0.1) is 6.07 Å². The van der Waals surface area contributed by atoms with Gasteiger partial charge in [0.15, 0.2) is 0 Å². The van der Waals surface area contributed by atoms with Crippen molar-refractivity contribution in [3.63, 3.8) is 0 Å². The lowest BCUT2D eigenvalue weighted by Crippen LogP contribution is -2.42. The monoisotopic (exact) mass is 231 g/mol. The third-order valence-corrected chi connectivity index (χ3v) is 3.52. The van der Waals surface area contributed by atoms with Gasteiger partial charge in [-0.3, -0.25) is 0 Å². The molecule has 0 unspecified atom stereocenters. The molecule has 0 aliphatic carbocycles. The molecule has 1 heterocycles. The second-order valence-electron chi connectivity index (χ2n) is 4.83. The number of hydrogen-bond donors (Lipinski definition) is 1. The predicted octanol–water partition coefficient (Wildman–Crippen LogP) is 2.85. The molecule has 0 saturated carbocycles. The van der Waals surface area contributed by atoms with Crippen molar-refractivity contribution in [3.05, 3.63) is 30.3 Å². The zero-order valence-corrected chi connectivity index (χ0v) is 10.8. The molecule has 1 aliphatic heterocycles. The van der Waals surface area contributed by atoms with Gasteiger partial charge in [0.05, 0.1) is 0 Å². The van der Waals surface area contributed by atoms with Gasteiger partial charge in [0.25, 0.3) is 0 Å². The molecule has 0 atom stereocenters. The summed E-state index contributed by atoms with van der Waals surface area (Å²) >= 11 is 0. The number of rotatable bonds is 5. The largest absolute Gasteiger partial charge is 0.371 e. The van der Waals surface area contributed by atoms with E-state index in [4.69, 9.17) is 0 Å². The molecule has 1 aliphatic rings. The Bertz CT molecular complexity index is 302. The van der Waals surface area contributed by atoms with Crippen LogP contribution >= 0.6 is 0 Å². The fraction of sp³-hybridized carbons (Fsp3) is 0.600. The highest BCUT2D eigenvalue weighted by molar-refractivity contribution is 5.46. The number of unbranched alkanes of at least 4 members (excludes halogenated alkanes) is 1. The summed E-state index contributed by atoms with van der Waals surface area (Å²) in [7, 11) is 0. The van der Waals surface area contributed by atoms with E-state index >= 15 is 0 Å². The molecule has 0 amide bonds. The van der Waals surface area contributed by atoms with Crippen LogP contribution in [0.25, 0.3) is 0 Å². The maximum absolute atomic E-state index is 3.66. The minimum absolute atomic E-state index is 0.730. The van der Waals surface area contributed by atoms with Crippen LogP contribution in [0.4, 0.5) is 5.69 Å². The summed E-state index contributed by atoms with van der Waals surface area (Å²) < 4.78 is 0. The van der Waals surface area contributed by atoms with Crippen LogP contribution in [-0.4, -0.2) is 25.7 Å². The molecule has 0 spiro atoms. The molecule has 93 valence electrons. The fourth-order valence-electron chi connectivity index (χ4n) is 2.41. The highest BCUT2D eigenvalue weighted by atomic mass is 15.1. The van der Waals surface area contributed by atoms with Gasteiger partial charge in [-0.1, -0.05) is 25.5 Å². The van der Waals surface area contributed by atoms with Gasteiger partial charge >= 0.3 is 0 Å². The molecule has 1 aromatic rings. The van der Waals surface area contributed by atoms with E-state index in [0.29, 0.717) is 0 Å². The zero-order valence-electron chi connectivity index (χ0n) is 10.8. The van der Waals surface area contributed by atoms with Gasteiger partial charge in [-0.2, -0.15) is 0 Å². The van der Waals surface area contributed by atoms with E-state index in [0.717, 1.165) is 6.04 Å². The summed E-state index contributed by atoms with van der Waals surface area (Å²) in [6, 6.07) is 12.1. The lowest BCUT2D eigenvalue weighted by Gasteiger charge is -2.34. The summed E-state index contributed by atoms with van der Waals surface area (Å²) in [4.78, 5) is 2.48. The summed E-state index contributed by atoms with van der Waals surface area (Å²) in [5, 5.41) is 3.66. The van der Waals surface area contributed by atoms with Crippen molar-refractivity contribution in [2.45, 2.75) is 38.6 Å². The Morgan fingerprint density at radius 3 is 2.65 bits per heavy atom. The van der Waals surface area contributed by atoms with Crippen molar-refractivity contribution in [2.75, 3.05) is 24.5 Å². The van der Waals surface area contributed by atoms with Gasteiger partial charge in [-0.15, -0.1) is 0 Å². The van der Waals surface area contributed by atoms with Crippen molar-refractivity contribution < 1.29 is 0 Å². The standard InChI is InChI=1S/C15H23N2/c1-2-3-11-16-14-9-12-17(13-10-14)15-7-5-4-6-8-15/h5-8,14,16H,2-3,9-13H2,1H3. The van der Waals surface area contributed by atoms with Crippen LogP contribution in [0.15, 0.2) is 24.3 Å². The Labute approximate surface area is 105 Å². The number of piperidine rings is 1. The first kappa shape index (κ1) is 12.4. The first-order valence-electron chi connectivity index (χ1n) is 6.84. The van der Waals surface area contributed by atoms with Crippen LogP contribution in [0.3, 0.4) is 0 Å². The number of benzene rings is 1. The third-order valence-electron chi connectivity index (χ3n) is 3.52. The first-order valence-corrected chi connectivity index (χ1v) is 6.84. The van der Waals surface area contributed by atoms with Gasteiger partial charge < -0.3 is 10.2 Å². The molecule has 0 bridgehead atoms. The quantitative estimate of drug-likeness (QED) is 0.784. The van der Waals surface area contributed by atoms with Crippen LogP contribution in [0.1, 0.15) is 32.6 Å². The van der Waals surface area contributed by atoms with Crippen molar-refractivity contribution in [3.8, 4) is 0 Å². The van der Waals surface area contributed by atoms with E-state index in [-0.39, 0.29) is 0 Å². The van der Waals surface area contributed by atoms with Crippen LogP contribution in [0.2, 0.25) is 0 Å². The second-order valence-corrected chi connectivity index (χ2v) is 4.83. The van der Waals surface area contributed by atoms with Crippen LogP contribution < -0.4 is 10.2 Å². The van der Waals surface area contributed by atoms with E-state index in [1.54, 1.807) is 0 Å². The smallest absolute Gasteiger partial charge is 0.0366 e. The molecule has 2 heteroatoms. The van der Waals surface area contributed by atoms with Gasteiger partial charge in [-0.05, 0) is 44.0 Å². The summed E-state index contributed by atoms with van der Waals surface area (Å²) in [6.07, 6.45) is 5.12. The molecule has 1 aromatic carbocycles. The zero-order chi connectivity index (χ0) is 11.9. The van der Waals surface area contributed by atoms with Crippen molar-refractivity contribution in [1.82, 2.24) is 5.32 Å². The summed E-state index contributed by atoms with van der Waals surface area (Å²) in [5.74, 6) is 0. The highest BCUT2D eigenvalue weighted by Gasteiger charge is 2.18. The second kappa shape index (κ2) is 6.65. The number of nitrogens with one attached hydrogen (secondary N) is 1. The molecule has 1 saturated heterocycles. The summed E-state index contributed by atoms with van der Waals surface area (Å²) in [5.41, 5.74) is 1.34. The predicted molar refractivity (Wildman–Crippen MR) is 73.4 cm³/mol. The summed E-state index contributed by atoms with van der Waals surface area (Å²) in [6.45, 7) is 5.78. The molecule has 1 fully saturated rings. The van der Waals surface area contributed by atoms with Crippen LogP contribution in [-0.2, 0) is 0 Å². The van der Waals surface area contributed by atoms with E-state index in [1.807, 2.05) is 12.1 Å². The maximum atomic E-state index is 3.66.